The van der Waals surface area contributed by atoms with E-state index in [2.05, 4.69) is 24.8 Å². The van der Waals surface area contributed by atoms with Crippen LogP contribution in [0.3, 0.4) is 0 Å². The summed E-state index contributed by atoms with van der Waals surface area (Å²) in [7, 11) is 0. The van der Waals surface area contributed by atoms with Crippen molar-refractivity contribution in [2.24, 2.45) is 11.8 Å². The lowest BCUT2D eigenvalue weighted by molar-refractivity contribution is -0.130. The highest BCUT2D eigenvalue weighted by molar-refractivity contribution is 7.99. The van der Waals surface area contributed by atoms with Gasteiger partial charge in [-0.1, -0.05) is 43.3 Å². The molecule has 1 saturated heterocycles. The Morgan fingerprint density at radius 2 is 1.89 bits per heavy atom. The van der Waals surface area contributed by atoms with Crippen LogP contribution >= 0.6 is 23.4 Å². The van der Waals surface area contributed by atoms with Crippen molar-refractivity contribution in [2.75, 3.05) is 18.8 Å². The number of thioether (sulfide) groups is 1. The molecule has 2 atom stereocenters. The van der Waals surface area contributed by atoms with Crippen molar-refractivity contribution in [3.63, 3.8) is 0 Å². The van der Waals surface area contributed by atoms with Crippen LogP contribution in [0.2, 0.25) is 5.02 Å². The number of pyridine rings is 1. The Balaban J connectivity index is 1.57. The molecule has 0 saturated carbocycles. The predicted octanol–water partition coefficient (Wildman–Crippen LogP) is 5.36. The fourth-order valence-corrected chi connectivity index (χ4v) is 5.85. The Labute approximate surface area is 170 Å². The topological polar surface area (TPSA) is 33.2 Å². The molecule has 0 unspecified atom stereocenters. The zero-order valence-electron chi connectivity index (χ0n) is 16.1. The molecule has 2 aromatic rings. The highest BCUT2D eigenvalue weighted by Gasteiger charge is 2.26. The van der Waals surface area contributed by atoms with Crippen LogP contribution in [-0.2, 0) is 17.6 Å². The van der Waals surface area contributed by atoms with E-state index in [-0.39, 0.29) is 5.91 Å². The molecule has 1 aliphatic heterocycles. The molecular formula is C22H27ClN2OS. The summed E-state index contributed by atoms with van der Waals surface area (Å²) in [6.07, 6.45) is 5.81. The Hall–Kier alpha value is -1.26. The number of rotatable bonds is 3. The van der Waals surface area contributed by atoms with E-state index in [0.29, 0.717) is 22.6 Å². The Kier molecular flexibility index (Phi) is 5.65. The Morgan fingerprint density at radius 3 is 2.63 bits per heavy atom. The maximum atomic E-state index is 12.8. The van der Waals surface area contributed by atoms with Gasteiger partial charge in [0.1, 0.15) is 5.03 Å². The van der Waals surface area contributed by atoms with Crippen molar-refractivity contribution in [1.82, 2.24) is 9.88 Å². The number of amides is 1. The maximum absolute atomic E-state index is 12.8. The van der Waals surface area contributed by atoms with E-state index < -0.39 is 0 Å². The van der Waals surface area contributed by atoms with Crippen LogP contribution in [0, 0.1) is 11.8 Å². The standard InChI is InChI=1S/C22H27ClN2OS/c1-14-9-15(2)12-25(11-14)21(26)13-27-22-19-6-4-3-5-17(19)18-8-7-16(23)10-20(18)24-22/h7-8,10,14-15H,3-6,9,11-13H2,1-2H3/t14-,15+. The van der Waals surface area contributed by atoms with Gasteiger partial charge in [-0.2, -0.15) is 0 Å². The molecule has 144 valence electrons. The molecule has 0 radical (unpaired) electrons. The first kappa shape index (κ1) is 19.1. The van der Waals surface area contributed by atoms with Gasteiger partial charge in [-0.15, -0.1) is 0 Å². The average molecular weight is 403 g/mol. The highest BCUT2D eigenvalue weighted by Crippen LogP contribution is 2.35. The normalized spacial score (nSPS) is 22.7. The van der Waals surface area contributed by atoms with Gasteiger partial charge in [0.05, 0.1) is 11.3 Å². The molecule has 1 amide bonds. The van der Waals surface area contributed by atoms with E-state index in [1.165, 1.54) is 35.8 Å². The van der Waals surface area contributed by atoms with Crippen LogP contribution in [0.25, 0.3) is 10.9 Å². The molecule has 3 nitrogen and oxygen atoms in total. The van der Waals surface area contributed by atoms with E-state index in [9.17, 15) is 4.79 Å². The van der Waals surface area contributed by atoms with Crippen LogP contribution in [0.1, 0.15) is 44.2 Å². The van der Waals surface area contributed by atoms with Gasteiger partial charge in [-0.3, -0.25) is 4.79 Å². The van der Waals surface area contributed by atoms with Crippen LogP contribution in [0.4, 0.5) is 0 Å². The summed E-state index contributed by atoms with van der Waals surface area (Å²) in [4.78, 5) is 19.8. The van der Waals surface area contributed by atoms with Gasteiger partial charge in [0.15, 0.2) is 0 Å². The number of carbonyl (C=O) groups excluding carboxylic acids is 1. The van der Waals surface area contributed by atoms with Gasteiger partial charge in [0.2, 0.25) is 5.91 Å². The van der Waals surface area contributed by atoms with Crippen LogP contribution in [0.5, 0.6) is 0 Å². The second kappa shape index (κ2) is 8.00. The second-order valence-corrected chi connectivity index (χ2v) is 9.68. The van der Waals surface area contributed by atoms with E-state index in [1.54, 1.807) is 11.8 Å². The lowest BCUT2D eigenvalue weighted by Gasteiger charge is -2.35. The zero-order chi connectivity index (χ0) is 19.0. The molecule has 1 aliphatic carbocycles. The lowest BCUT2D eigenvalue weighted by Crippen LogP contribution is -2.43. The van der Waals surface area contributed by atoms with Crippen LogP contribution in [-0.4, -0.2) is 34.6 Å². The first-order chi connectivity index (χ1) is 13.0. The van der Waals surface area contributed by atoms with Gasteiger partial charge in [-0.05, 0) is 67.2 Å². The summed E-state index contributed by atoms with van der Waals surface area (Å²) in [5, 5.41) is 2.98. The average Bonchev–Trinajstić information content (AvgIpc) is 2.64. The molecule has 0 N–H and O–H groups in total. The maximum Gasteiger partial charge on any atom is 0.233 e. The number of hydrogen-bond acceptors (Lipinski definition) is 3. The number of hydrogen-bond donors (Lipinski definition) is 0. The first-order valence-corrected chi connectivity index (χ1v) is 11.4. The molecule has 2 aliphatic rings. The van der Waals surface area contributed by atoms with Gasteiger partial charge in [0, 0.05) is 23.5 Å². The van der Waals surface area contributed by atoms with Crippen molar-refractivity contribution in [2.45, 2.75) is 51.0 Å². The van der Waals surface area contributed by atoms with E-state index in [1.807, 2.05) is 12.1 Å². The van der Waals surface area contributed by atoms with Crippen molar-refractivity contribution >= 4 is 40.2 Å². The van der Waals surface area contributed by atoms with E-state index in [4.69, 9.17) is 16.6 Å². The van der Waals surface area contributed by atoms with Crippen molar-refractivity contribution in [1.29, 1.82) is 0 Å². The van der Waals surface area contributed by atoms with Crippen molar-refractivity contribution in [3.05, 3.63) is 34.3 Å². The summed E-state index contributed by atoms with van der Waals surface area (Å²) in [6, 6.07) is 6.01. The SMILES string of the molecule is C[C@@H]1C[C@H](C)CN(C(=O)CSc2nc3cc(Cl)ccc3c3c2CCCC3)C1. The van der Waals surface area contributed by atoms with Crippen LogP contribution < -0.4 is 0 Å². The molecule has 1 fully saturated rings. The summed E-state index contributed by atoms with van der Waals surface area (Å²) in [5.41, 5.74) is 3.73. The van der Waals surface area contributed by atoms with Gasteiger partial charge >= 0.3 is 0 Å². The molecular weight excluding hydrogens is 376 g/mol. The molecule has 1 aromatic heterocycles. The van der Waals surface area contributed by atoms with Gasteiger partial charge in [-0.25, -0.2) is 4.98 Å². The third-order valence-corrected chi connectivity index (χ3v) is 7.02. The van der Waals surface area contributed by atoms with Crippen LogP contribution in [0.15, 0.2) is 23.2 Å². The minimum Gasteiger partial charge on any atom is -0.341 e. The number of nitrogens with zero attached hydrogens (tertiary/aromatic N) is 2. The van der Waals surface area contributed by atoms with Gasteiger partial charge in [0.25, 0.3) is 0 Å². The van der Waals surface area contributed by atoms with E-state index >= 15 is 0 Å². The fourth-order valence-electron chi connectivity index (χ4n) is 4.68. The highest BCUT2D eigenvalue weighted by atomic mass is 35.5. The molecule has 27 heavy (non-hydrogen) atoms. The monoisotopic (exact) mass is 402 g/mol. The molecule has 5 heteroatoms. The van der Waals surface area contributed by atoms with E-state index in [0.717, 1.165) is 36.5 Å². The van der Waals surface area contributed by atoms with Gasteiger partial charge < -0.3 is 4.90 Å². The number of aromatic nitrogens is 1. The summed E-state index contributed by atoms with van der Waals surface area (Å²) in [5.74, 6) is 1.91. The zero-order valence-corrected chi connectivity index (χ0v) is 17.7. The molecule has 4 rings (SSSR count). The number of fused-ring (bicyclic) bond motifs is 3. The largest absolute Gasteiger partial charge is 0.341 e. The number of piperidine rings is 1. The first-order valence-electron chi connectivity index (χ1n) is 10.0. The summed E-state index contributed by atoms with van der Waals surface area (Å²) >= 11 is 7.82. The lowest BCUT2D eigenvalue weighted by atomic mass is 9.90. The smallest absolute Gasteiger partial charge is 0.233 e. The minimum absolute atomic E-state index is 0.246. The number of carbonyl (C=O) groups is 1. The molecule has 2 heterocycles. The molecule has 0 spiro atoms. The number of benzene rings is 1. The Bertz CT molecular complexity index is 859. The fraction of sp³-hybridized carbons (Fsp3) is 0.545. The number of aryl methyl sites for hydroxylation is 1. The molecule has 1 aromatic carbocycles. The summed E-state index contributed by atoms with van der Waals surface area (Å²) in [6.45, 7) is 6.27. The Morgan fingerprint density at radius 1 is 1.19 bits per heavy atom. The van der Waals surface area contributed by atoms with Crippen molar-refractivity contribution in [3.8, 4) is 0 Å². The molecule has 0 bridgehead atoms. The second-order valence-electron chi connectivity index (χ2n) is 8.28. The predicted molar refractivity (Wildman–Crippen MR) is 114 cm³/mol. The third kappa shape index (κ3) is 4.12. The third-order valence-electron chi connectivity index (χ3n) is 5.79. The minimum atomic E-state index is 0.246. The number of halogens is 1. The number of likely N-dealkylation sites (tertiary alicyclic amines) is 1. The quantitative estimate of drug-likeness (QED) is 0.647. The van der Waals surface area contributed by atoms with Crippen molar-refractivity contribution < 1.29 is 4.79 Å². The summed E-state index contributed by atoms with van der Waals surface area (Å²) < 4.78 is 0.